The molecule has 0 radical (unpaired) electrons. The first-order valence-corrected chi connectivity index (χ1v) is 11.9. The number of hydrogen-bond donors (Lipinski definition) is 1. The van der Waals surface area contributed by atoms with Crippen LogP contribution in [0.15, 0.2) is 52.6 Å². The molecule has 0 fully saturated rings. The predicted octanol–water partition coefficient (Wildman–Crippen LogP) is 3.06. The number of carbonyl (C=O) groups excluding carboxylic acids is 1. The van der Waals surface area contributed by atoms with Gasteiger partial charge in [0.15, 0.2) is 11.3 Å². The minimum atomic E-state index is -0.783. The number of non-ortho nitro benzene ring substituents is 1. The number of nitro benzene ring substituents is 1. The highest BCUT2D eigenvalue weighted by atomic mass is 32.2. The Hall–Kier alpha value is -3.40. The van der Waals surface area contributed by atoms with Crippen molar-refractivity contribution in [2.75, 3.05) is 12.4 Å². The fraction of sp³-hybridized carbons (Fsp3) is 0.348. The second-order valence-electron chi connectivity index (χ2n) is 7.60. The lowest BCUT2D eigenvalue weighted by Crippen LogP contribution is -2.50. The van der Waals surface area contributed by atoms with Crippen LogP contribution in [0.2, 0.25) is 0 Å². The fourth-order valence-corrected chi connectivity index (χ4v) is 4.54. The molecule has 0 saturated heterocycles. The zero-order chi connectivity index (χ0) is 23.4. The molecule has 0 saturated carbocycles. The van der Waals surface area contributed by atoms with Crippen LogP contribution in [-0.4, -0.2) is 33.4 Å². The van der Waals surface area contributed by atoms with E-state index in [1.165, 1.54) is 23.9 Å². The molecule has 0 spiro atoms. The standard InChI is InChI=1S/C23H25N5O4S/c1-3-5-13-33-23-25-22(29)20-16-8-6-7-9-18(16)24-21(27(20)26-23)17-14-15(28(30)31)10-11-19(17)32-12-4-2/h6-11,14,21H,3-5,12-13H2,1-2H3,(H,25,26,29)/t21-/m0/s1. The van der Waals surface area contributed by atoms with Crippen molar-refractivity contribution >= 4 is 34.2 Å². The third kappa shape index (κ3) is 4.70. The topological polar surface area (TPSA) is 109 Å². The summed E-state index contributed by atoms with van der Waals surface area (Å²) in [7, 11) is 0. The number of amides is 1. The highest BCUT2D eigenvalue weighted by Gasteiger charge is 2.36. The Kier molecular flexibility index (Phi) is 6.93. The zero-order valence-electron chi connectivity index (χ0n) is 18.5. The molecule has 0 unspecified atom stereocenters. The van der Waals surface area contributed by atoms with E-state index in [1.54, 1.807) is 11.1 Å². The quantitative estimate of drug-likeness (QED) is 0.363. The molecule has 2 aromatic rings. The van der Waals surface area contributed by atoms with Crippen LogP contribution in [-0.2, 0) is 4.79 Å². The van der Waals surface area contributed by atoms with Crippen LogP contribution < -0.4 is 20.6 Å². The van der Waals surface area contributed by atoms with Crippen molar-refractivity contribution in [2.45, 2.75) is 39.3 Å². The largest absolute Gasteiger partial charge is 0.493 e. The molecule has 1 atom stereocenters. The maximum atomic E-state index is 13.2. The van der Waals surface area contributed by atoms with Crippen molar-refractivity contribution in [3.05, 3.63) is 68.7 Å². The van der Waals surface area contributed by atoms with Gasteiger partial charge in [-0.15, -0.1) is 5.10 Å². The van der Waals surface area contributed by atoms with Crippen LogP contribution in [0.25, 0.3) is 5.70 Å². The second kappa shape index (κ2) is 10.0. The molecule has 10 heteroatoms. The molecular formula is C23H25N5O4S. The molecule has 2 heterocycles. The number of carbonyl (C=O) groups is 1. The third-order valence-electron chi connectivity index (χ3n) is 5.20. The lowest BCUT2D eigenvalue weighted by atomic mass is 10.1. The monoisotopic (exact) mass is 467 g/mol. The summed E-state index contributed by atoms with van der Waals surface area (Å²) in [6.45, 7) is 4.54. The van der Waals surface area contributed by atoms with Gasteiger partial charge in [0.2, 0.25) is 0 Å². The Morgan fingerprint density at radius 1 is 1.21 bits per heavy atom. The maximum absolute atomic E-state index is 13.2. The molecule has 1 amide bonds. The molecule has 9 nitrogen and oxygen atoms in total. The molecule has 0 bridgehead atoms. The van der Waals surface area contributed by atoms with Crippen molar-refractivity contribution in [3.63, 3.8) is 0 Å². The number of amidine groups is 1. The Balaban J connectivity index is 1.88. The fourth-order valence-electron chi connectivity index (χ4n) is 3.60. The van der Waals surface area contributed by atoms with Crippen molar-refractivity contribution in [3.8, 4) is 5.75 Å². The summed E-state index contributed by atoms with van der Waals surface area (Å²) in [5.74, 6) is 1.02. The van der Waals surface area contributed by atoms with E-state index in [4.69, 9.17) is 14.8 Å². The Labute approximate surface area is 195 Å². The third-order valence-corrected chi connectivity index (χ3v) is 6.15. The van der Waals surface area contributed by atoms with E-state index in [2.05, 4.69) is 12.2 Å². The van der Waals surface area contributed by atoms with Crippen LogP contribution >= 0.6 is 11.8 Å². The molecule has 0 aliphatic carbocycles. The molecule has 2 aliphatic heterocycles. The van der Waals surface area contributed by atoms with E-state index in [1.807, 2.05) is 31.2 Å². The minimum absolute atomic E-state index is 0.0764. The number of ether oxygens (including phenoxy) is 1. The van der Waals surface area contributed by atoms with E-state index in [9.17, 15) is 14.9 Å². The van der Waals surface area contributed by atoms with Crippen LogP contribution in [0.3, 0.4) is 0 Å². The number of hydrogen-bond acceptors (Lipinski definition) is 8. The summed E-state index contributed by atoms with van der Waals surface area (Å²) < 4.78 is 5.90. The molecule has 2 aliphatic rings. The number of nitrogens with one attached hydrogen (secondary N) is 1. The number of nitro groups is 1. The average Bonchev–Trinajstić information content (AvgIpc) is 2.82. The maximum Gasteiger partial charge on any atom is 0.276 e. The number of unbranched alkanes of at least 4 members (excludes halogenated alkanes) is 1. The first kappa shape index (κ1) is 22.8. The number of fused-ring (bicyclic) bond motifs is 2. The van der Waals surface area contributed by atoms with Gasteiger partial charge < -0.3 is 4.74 Å². The zero-order valence-corrected chi connectivity index (χ0v) is 19.3. The van der Waals surface area contributed by atoms with Crippen LogP contribution in [0, 0.1) is 10.1 Å². The minimum Gasteiger partial charge on any atom is -0.493 e. The van der Waals surface area contributed by atoms with Gasteiger partial charge in [-0.25, -0.2) is 5.01 Å². The molecule has 1 N–H and O–H groups in total. The molecule has 172 valence electrons. The average molecular weight is 468 g/mol. The number of benzene rings is 2. The number of hydrazone groups is 1. The van der Waals surface area contributed by atoms with Gasteiger partial charge in [0.05, 0.1) is 16.9 Å². The number of para-hydroxylation sites is 1. The molecule has 0 aromatic heterocycles. The normalized spacial score (nSPS) is 16.8. The van der Waals surface area contributed by atoms with Gasteiger partial charge >= 0.3 is 0 Å². The summed E-state index contributed by atoms with van der Waals surface area (Å²) in [5.41, 5.74) is 0.770. The van der Waals surface area contributed by atoms with Gasteiger partial charge in [-0.1, -0.05) is 50.2 Å². The highest BCUT2D eigenvalue weighted by molar-refractivity contribution is 8.13. The molecule has 33 heavy (non-hydrogen) atoms. The first-order chi connectivity index (χ1) is 16.0. The Morgan fingerprint density at radius 3 is 2.79 bits per heavy atom. The van der Waals surface area contributed by atoms with E-state index in [0.29, 0.717) is 39.4 Å². The van der Waals surface area contributed by atoms with Gasteiger partial charge in [0.25, 0.3) is 11.6 Å². The second-order valence-corrected chi connectivity index (χ2v) is 8.69. The van der Waals surface area contributed by atoms with Gasteiger partial charge in [0, 0.05) is 28.7 Å². The van der Waals surface area contributed by atoms with Crippen LogP contribution in [0.4, 0.5) is 5.69 Å². The number of thioether (sulfide) groups is 1. The van der Waals surface area contributed by atoms with Crippen LogP contribution in [0.1, 0.15) is 44.8 Å². The number of rotatable bonds is 8. The summed E-state index contributed by atoms with van der Waals surface area (Å²) >= 11 is 1.47. The van der Waals surface area contributed by atoms with Crippen molar-refractivity contribution in [2.24, 2.45) is 10.1 Å². The van der Waals surface area contributed by atoms with E-state index < -0.39 is 11.1 Å². The van der Waals surface area contributed by atoms with Gasteiger partial charge in [-0.2, -0.15) is 0 Å². The lowest BCUT2D eigenvalue weighted by molar-refractivity contribution is -0.385. The Bertz CT molecular complexity index is 1230. The molecule has 4 rings (SSSR count). The summed E-state index contributed by atoms with van der Waals surface area (Å²) in [6.07, 6.45) is 2.02. The van der Waals surface area contributed by atoms with Gasteiger partial charge in [-0.05, 0) is 25.0 Å². The highest BCUT2D eigenvalue weighted by Crippen LogP contribution is 2.37. The molecule has 2 aromatic carbocycles. The smallest absolute Gasteiger partial charge is 0.276 e. The summed E-state index contributed by atoms with van der Waals surface area (Å²) in [5, 5.41) is 22.4. The van der Waals surface area contributed by atoms with Crippen LogP contribution in [0.5, 0.6) is 5.75 Å². The van der Waals surface area contributed by atoms with Crippen molar-refractivity contribution in [1.29, 1.82) is 0 Å². The molecular weight excluding hydrogens is 442 g/mol. The van der Waals surface area contributed by atoms with E-state index in [-0.39, 0.29) is 11.6 Å². The lowest BCUT2D eigenvalue weighted by Gasteiger charge is -2.34. The van der Waals surface area contributed by atoms with Crippen molar-refractivity contribution < 1.29 is 14.5 Å². The summed E-state index contributed by atoms with van der Waals surface area (Å²) in [6, 6.07) is 11.8. The Morgan fingerprint density at radius 2 is 2.03 bits per heavy atom. The first-order valence-electron chi connectivity index (χ1n) is 10.9. The van der Waals surface area contributed by atoms with Gasteiger partial charge in [0.1, 0.15) is 11.4 Å². The van der Waals surface area contributed by atoms with Crippen molar-refractivity contribution in [1.82, 2.24) is 10.3 Å². The van der Waals surface area contributed by atoms with E-state index >= 15 is 0 Å². The summed E-state index contributed by atoms with van der Waals surface area (Å²) in [4.78, 5) is 29.1. The SMILES string of the molecule is CCCCSC1=NN2C(=c3ccccc3=N[C@@H]2c2cc([N+](=O)[O-])ccc2OCCC)C(=O)N1. The van der Waals surface area contributed by atoms with E-state index in [0.717, 1.165) is 25.0 Å². The number of nitrogens with zero attached hydrogens (tertiary/aromatic N) is 4. The van der Waals surface area contributed by atoms with Gasteiger partial charge in [-0.3, -0.25) is 25.2 Å². The predicted molar refractivity (Wildman–Crippen MR) is 127 cm³/mol.